The monoisotopic (exact) mass is 288 g/mol. The van der Waals surface area contributed by atoms with Gasteiger partial charge in [0.1, 0.15) is 12.0 Å². The van der Waals surface area contributed by atoms with E-state index in [-0.39, 0.29) is 5.92 Å². The van der Waals surface area contributed by atoms with Crippen LogP contribution in [0.4, 0.5) is 0 Å². The molecule has 3 heteroatoms. The highest BCUT2D eigenvalue weighted by Crippen LogP contribution is 2.23. The fourth-order valence-corrected chi connectivity index (χ4v) is 2.32. The molecule has 2 aromatic carbocycles. The molecule has 0 aliphatic rings. The molecule has 2 rings (SSSR count). The van der Waals surface area contributed by atoms with E-state index < -0.39 is 0 Å². The van der Waals surface area contributed by atoms with E-state index in [4.69, 9.17) is 16.3 Å². The van der Waals surface area contributed by atoms with Gasteiger partial charge in [-0.1, -0.05) is 35.9 Å². The van der Waals surface area contributed by atoms with Crippen molar-refractivity contribution < 1.29 is 9.53 Å². The second-order valence-electron chi connectivity index (χ2n) is 4.58. The van der Waals surface area contributed by atoms with Gasteiger partial charge in [0.15, 0.2) is 0 Å². The molecule has 0 saturated carbocycles. The summed E-state index contributed by atoms with van der Waals surface area (Å²) in [6, 6.07) is 15.3. The van der Waals surface area contributed by atoms with Crippen LogP contribution in [0.15, 0.2) is 48.5 Å². The molecule has 0 spiro atoms. The number of rotatable bonds is 6. The summed E-state index contributed by atoms with van der Waals surface area (Å²) >= 11 is 5.97. The number of hydrogen-bond acceptors (Lipinski definition) is 2. The molecule has 0 amide bonds. The Balaban J connectivity index is 2.12. The summed E-state index contributed by atoms with van der Waals surface area (Å²) in [7, 11) is 0. The van der Waals surface area contributed by atoms with E-state index in [1.807, 2.05) is 55.5 Å². The van der Waals surface area contributed by atoms with Gasteiger partial charge < -0.3 is 9.53 Å². The van der Waals surface area contributed by atoms with Crippen molar-refractivity contribution in [2.75, 3.05) is 6.61 Å². The van der Waals surface area contributed by atoms with Gasteiger partial charge in [0.25, 0.3) is 0 Å². The lowest BCUT2D eigenvalue weighted by atomic mass is 9.93. The minimum Gasteiger partial charge on any atom is -0.494 e. The van der Waals surface area contributed by atoms with Gasteiger partial charge in [0.05, 0.1) is 6.61 Å². The van der Waals surface area contributed by atoms with E-state index in [0.717, 1.165) is 23.2 Å². The van der Waals surface area contributed by atoms with E-state index in [1.54, 1.807) is 0 Å². The van der Waals surface area contributed by atoms with E-state index in [1.165, 1.54) is 0 Å². The maximum Gasteiger partial charge on any atom is 0.127 e. The third-order valence-electron chi connectivity index (χ3n) is 3.13. The van der Waals surface area contributed by atoms with Crippen LogP contribution in [0.2, 0.25) is 5.02 Å². The fourth-order valence-electron chi connectivity index (χ4n) is 2.12. The Morgan fingerprint density at radius 2 is 1.95 bits per heavy atom. The van der Waals surface area contributed by atoms with Crippen molar-refractivity contribution in [3.8, 4) is 5.75 Å². The van der Waals surface area contributed by atoms with Gasteiger partial charge >= 0.3 is 0 Å². The molecule has 0 bridgehead atoms. The minimum absolute atomic E-state index is 0.174. The standard InChI is InChI=1S/C17H17ClO2/c1-2-20-17-8-6-13(7-9-17)10-15(12-19)14-4-3-5-16(18)11-14/h3-9,11-12,15H,2,10H2,1H3. The first-order valence-electron chi connectivity index (χ1n) is 6.65. The van der Waals surface area contributed by atoms with Crippen molar-refractivity contribution in [2.24, 2.45) is 0 Å². The highest BCUT2D eigenvalue weighted by Gasteiger charge is 2.11. The van der Waals surface area contributed by atoms with Crippen LogP contribution in [0, 0.1) is 0 Å². The first-order valence-corrected chi connectivity index (χ1v) is 7.03. The van der Waals surface area contributed by atoms with Crippen molar-refractivity contribution in [2.45, 2.75) is 19.3 Å². The lowest BCUT2D eigenvalue weighted by molar-refractivity contribution is -0.109. The molecule has 0 aliphatic heterocycles. The summed E-state index contributed by atoms with van der Waals surface area (Å²) in [6.45, 7) is 2.61. The van der Waals surface area contributed by atoms with Gasteiger partial charge in [-0.25, -0.2) is 0 Å². The van der Waals surface area contributed by atoms with Gasteiger partial charge in [-0.05, 0) is 48.7 Å². The van der Waals surface area contributed by atoms with Crippen LogP contribution in [-0.2, 0) is 11.2 Å². The first-order chi connectivity index (χ1) is 9.72. The summed E-state index contributed by atoms with van der Waals surface area (Å²) in [5, 5.41) is 0.654. The zero-order chi connectivity index (χ0) is 14.4. The molecule has 0 saturated heterocycles. The van der Waals surface area contributed by atoms with Crippen LogP contribution in [-0.4, -0.2) is 12.9 Å². The molecule has 1 unspecified atom stereocenters. The van der Waals surface area contributed by atoms with Gasteiger partial charge in [0.2, 0.25) is 0 Å². The van der Waals surface area contributed by atoms with Crippen molar-refractivity contribution in [3.63, 3.8) is 0 Å². The first kappa shape index (κ1) is 14.6. The molecule has 0 N–H and O–H groups in total. The van der Waals surface area contributed by atoms with Crippen molar-refractivity contribution in [1.29, 1.82) is 0 Å². The zero-order valence-electron chi connectivity index (χ0n) is 11.4. The van der Waals surface area contributed by atoms with E-state index in [9.17, 15) is 4.79 Å². The van der Waals surface area contributed by atoms with Crippen LogP contribution in [0.25, 0.3) is 0 Å². The number of carbonyl (C=O) groups excluding carboxylic acids is 1. The molecular formula is C17H17ClO2. The highest BCUT2D eigenvalue weighted by molar-refractivity contribution is 6.30. The second-order valence-corrected chi connectivity index (χ2v) is 5.02. The lowest BCUT2D eigenvalue weighted by Gasteiger charge is -2.12. The third-order valence-corrected chi connectivity index (χ3v) is 3.37. The Labute approximate surface area is 124 Å². The van der Waals surface area contributed by atoms with Crippen LogP contribution in [0.5, 0.6) is 5.75 Å². The average Bonchev–Trinajstić information content (AvgIpc) is 2.47. The minimum atomic E-state index is -0.174. The third kappa shape index (κ3) is 3.84. The van der Waals surface area contributed by atoms with Gasteiger partial charge in [-0.15, -0.1) is 0 Å². The summed E-state index contributed by atoms with van der Waals surface area (Å²) in [6.07, 6.45) is 1.64. The molecule has 0 radical (unpaired) electrons. The lowest BCUT2D eigenvalue weighted by Crippen LogP contribution is -2.04. The van der Waals surface area contributed by atoms with E-state index in [2.05, 4.69) is 0 Å². The number of carbonyl (C=O) groups is 1. The summed E-state index contributed by atoms with van der Waals surface area (Å²) < 4.78 is 5.41. The summed E-state index contributed by atoms with van der Waals surface area (Å²) in [5.41, 5.74) is 2.05. The van der Waals surface area contributed by atoms with Gasteiger partial charge in [-0.2, -0.15) is 0 Å². The molecule has 0 heterocycles. The number of benzene rings is 2. The smallest absolute Gasteiger partial charge is 0.127 e. The van der Waals surface area contributed by atoms with E-state index >= 15 is 0 Å². The van der Waals surface area contributed by atoms with Gasteiger partial charge in [0, 0.05) is 10.9 Å². The number of hydrogen-bond donors (Lipinski definition) is 0. The van der Waals surface area contributed by atoms with Crippen molar-refractivity contribution >= 4 is 17.9 Å². The molecule has 0 aromatic heterocycles. The molecule has 104 valence electrons. The normalized spacial score (nSPS) is 11.9. The van der Waals surface area contributed by atoms with Crippen molar-refractivity contribution in [1.82, 2.24) is 0 Å². The van der Waals surface area contributed by atoms with Crippen LogP contribution in [0.1, 0.15) is 24.0 Å². The molecule has 0 aliphatic carbocycles. The Morgan fingerprint density at radius 3 is 2.55 bits per heavy atom. The van der Waals surface area contributed by atoms with E-state index in [0.29, 0.717) is 18.1 Å². The average molecular weight is 289 g/mol. The second kappa shape index (κ2) is 7.11. The molecule has 1 atom stereocenters. The SMILES string of the molecule is CCOc1ccc(CC(C=O)c2cccc(Cl)c2)cc1. The molecule has 0 fully saturated rings. The van der Waals surface area contributed by atoms with Crippen LogP contribution >= 0.6 is 11.6 Å². The predicted octanol–water partition coefficient (Wildman–Crippen LogP) is 4.26. The molecule has 2 nitrogen and oxygen atoms in total. The molecule has 20 heavy (non-hydrogen) atoms. The highest BCUT2D eigenvalue weighted by atomic mass is 35.5. The number of aldehydes is 1. The van der Waals surface area contributed by atoms with Crippen LogP contribution in [0.3, 0.4) is 0 Å². The van der Waals surface area contributed by atoms with Gasteiger partial charge in [-0.3, -0.25) is 0 Å². The quantitative estimate of drug-likeness (QED) is 0.742. The molecular weight excluding hydrogens is 272 g/mol. The predicted molar refractivity (Wildman–Crippen MR) is 81.6 cm³/mol. The van der Waals surface area contributed by atoms with Crippen LogP contribution < -0.4 is 4.74 Å². The Kier molecular flexibility index (Phi) is 5.19. The van der Waals surface area contributed by atoms with Crippen molar-refractivity contribution in [3.05, 3.63) is 64.7 Å². The zero-order valence-corrected chi connectivity index (χ0v) is 12.1. The summed E-state index contributed by atoms with van der Waals surface area (Å²) in [5.74, 6) is 0.674. The maximum absolute atomic E-state index is 11.3. The molecule has 2 aromatic rings. The number of halogens is 1. The fraction of sp³-hybridized carbons (Fsp3) is 0.235. The Morgan fingerprint density at radius 1 is 1.20 bits per heavy atom. The Hall–Kier alpha value is -1.80. The maximum atomic E-state index is 11.3. The topological polar surface area (TPSA) is 26.3 Å². The summed E-state index contributed by atoms with van der Waals surface area (Å²) in [4.78, 5) is 11.3. The largest absolute Gasteiger partial charge is 0.494 e. The number of ether oxygens (including phenoxy) is 1. The Bertz CT molecular complexity index is 563.